The highest BCUT2D eigenvalue weighted by atomic mass is 35.5. The van der Waals surface area contributed by atoms with Gasteiger partial charge >= 0.3 is 0 Å². The molecule has 0 radical (unpaired) electrons. The van der Waals surface area contributed by atoms with Crippen LogP contribution in [0.15, 0.2) is 41.8 Å². The van der Waals surface area contributed by atoms with E-state index < -0.39 is 6.10 Å². The van der Waals surface area contributed by atoms with Crippen LogP contribution in [0.4, 0.5) is 0 Å². The first-order valence-corrected chi connectivity index (χ1v) is 10.4. The van der Waals surface area contributed by atoms with E-state index in [4.69, 9.17) is 25.8 Å². The SMILES string of the molecule is CCOC(CN(Cc1cccs1)CC(O)COc1ccc(Cl)cc1)OCC. The summed E-state index contributed by atoms with van der Waals surface area (Å²) in [5, 5.41) is 13.2. The summed E-state index contributed by atoms with van der Waals surface area (Å²) in [6, 6.07) is 11.2. The molecule has 1 heterocycles. The molecule has 1 unspecified atom stereocenters. The lowest BCUT2D eigenvalue weighted by atomic mass is 10.3. The number of halogens is 1. The van der Waals surface area contributed by atoms with E-state index in [1.807, 2.05) is 19.9 Å². The Morgan fingerprint density at radius 2 is 1.78 bits per heavy atom. The van der Waals surface area contributed by atoms with E-state index in [1.165, 1.54) is 4.88 Å². The van der Waals surface area contributed by atoms with Crippen molar-refractivity contribution in [1.82, 2.24) is 4.90 Å². The Bertz CT molecular complexity index is 617. The molecule has 0 aliphatic heterocycles. The zero-order valence-electron chi connectivity index (χ0n) is 15.8. The minimum absolute atomic E-state index is 0.205. The Morgan fingerprint density at radius 3 is 2.37 bits per heavy atom. The van der Waals surface area contributed by atoms with Crippen LogP contribution in [0.1, 0.15) is 18.7 Å². The summed E-state index contributed by atoms with van der Waals surface area (Å²) < 4.78 is 17.0. The van der Waals surface area contributed by atoms with Gasteiger partial charge in [0.15, 0.2) is 6.29 Å². The van der Waals surface area contributed by atoms with E-state index >= 15 is 0 Å². The summed E-state index contributed by atoms with van der Waals surface area (Å²) in [6.45, 7) is 7.04. The van der Waals surface area contributed by atoms with Crippen molar-refractivity contribution in [2.24, 2.45) is 0 Å². The standard InChI is InChI=1S/C20H28ClNO4S/c1-3-24-20(25-4-2)14-22(13-19-6-5-11-27-19)12-17(23)15-26-18-9-7-16(21)8-10-18/h5-11,17,20,23H,3-4,12-15H2,1-2H3. The Morgan fingerprint density at radius 1 is 1.07 bits per heavy atom. The molecule has 27 heavy (non-hydrogen) atoms. The van der Waals surface area contributed by atoms with Crippen molar-refractivity contribution >= 4 is 22.9 Å². The summed E-state index contributed by atoms with van der Waals surface area (Å²) in [7, 11) is 0. The smallest absolute Gasteiger partial charge is 0.170 e. The molecule has 1 N–H and O–H groups in total. The summed E-state index contributed by atoms with van der Waals surface area (Å²) in [4.78, 5) is 3.37. The van der Waals surface area contributed by atoms with Gasteiger partial charge in [-0.1, -0.05) is 17.7 Å². The van der Waals surface area contributed by atoms with Crippen LogP contribution in [0.3, 0.4) is 0 Å². The third-order valence-corrected chi connectivity index (χ3v) is 4.91. The number of hydrogen-bond donors (Lipinski definition) is 1. The maximum absolute atomic E-state index is 10.5. The zero-order chi connectivity index (χ0) is 19.5. The molecule has 0 aliphatic rings. The molecule has 0 bridgehead atoms. The van der Waals surface area contributed by atoms with Gasteiger partial charge in [0.25, 0.3) is 0 Å². The highest BCUT2D eigenvalue weighted by Gasteiger charge is 2.19. The van der Waals surface area contributed by atoms with Crippen LogP contribution in [0, 0.1) is 0 Å². The van der Waals surface area contributed by atoms with Crippen molar-refractivity contribution in [1.29, 1.82) is 0 Å². The second-order valence-electron chi connectivity index (χ2n) is 6.03. The minimum Gasteiger partial charge on any atom is -0.491 e. The number of aliphatic hydroxyl groups excluding tert-OH is 1. The van der Waals surface area contributed by atoms with Gasteiger partial charge in [-0.05, 0) is 49.6 Å². The van der Waals surface area contributed by atoms with Crippen LogP contribution >= 0.6 is 22.9 Å². The van der Waals surface area contributed by atoms with E-state index in [1.54, 1.807) is 35.6 Å². The van der Waals surface area contributed by atoms with Gasteiger partial charge in [-0.25, -0.2) is 0 Å². The number of ether oxygens (including phenoxy) is 3. The summed E-state index contributed by atoms with van der Waals surface area (Å²) in [5.41, 5.74) is 0. The molecule has 0 spiro atoms. The molecule has 0 aliphatic carbocycles. The number of aliphatic hydroxyl groups is 1. The third kappa shape index (κ3) is 8.60. The van der Waals surface area contributed by atoms with Gasteiger partial charge in [-0.15, -0.1) is 11.3 Å². The average Bonchev–Trinajstić information content (AvgIpc) is 3.14. The Hall–Kier alpha value is -1.15. The van der Waals surface area contributed by atoms with E-state index in [0.29, 0.717) is 37.1 Å². The molecule has 1 aromatic carbocycles. The van der Waals surface area contributed by atoms with Crippen molar-refractivity contribution < 1.29 is 19.3 Å². The van der Waals surface area contributed by atoms with Crippen molar-refractivity contribution in [3.05, 3.63) is 51.7 Å². The molecule has 0 fully saturated rings. The number of benzene rings is 1. The van der Waals surface area contributed by atoms with Gasteiger partial charge in [0.05, 0.1) is 0 Å². The molecule has 2 aromatic rings. The van der Waals surface area contributed by atoms with Crippen molar-refractivity contribution in [3.8, 4) is 5.75 Å². The third-order valence-electron chi connectivity index (χ3n) is 3.80. The lowest BCUT2D eigenvalue weighted by molar-refractivity contribution is -0.150. The van der Waals surface area contributed by atoms with E-state index in [2.05, 4.69) is 16.3 Å². The van der Waals surface area contributed by atoms with Crippen LogP contribution in [0.25, 0.3) is 0 Å². The van der Waals surface area contributed by atoms with Gasteiger partial charge in [0.2, 0.25) is 0 Å². The molecule has 150 valence electrons. The Balaban J connectivity index is 1.91. The summed E-state index contributed by atoms with van der Waals surface area (Å²) in [5.74, 6) is 0.685. The quantitative estimate of drug-likeness (QED) is 0.502. The molecule has 1 aromatic heterocycles. The zero-order valence-corrected chi connectivity index (χ0v) is 17.4. The first kappa shape index (κ1) is 22.1. The van der Waals surface area contributed by atoms with Gasteiger partial charge < -0.3 is 19.3 Å². The van der Waals surface area contributed by atoms with Crippen molar-refractivity contribution in [3.63, 3.8) is 0 Å². The summed E-state index contributed by atoms with van der Waals surface area (Å²) >= 11 is 7.57. The number of hydrogen-bond acceptors (Lipinski definition) is 6. The van der Waals surface area contributed by atoms with Gasteiger partial charge in [0, 0.05) is 42.7 Å². The Kier molecular flexibility index (Phi) is 10.1. The normalized spacial score (nSPS) is 12.7. The van der Waals surface area contributed by atoms with Crippen LogP contribution in [0.2, 0.25) is 5.02 Å². The predicted molar refractivity (Wildman–Crippen MR) is 110 cm³/mol. The number of nitrogens with zero attached hydrogens (tertiary/aromatic N) is 1. The number of thiophene rings is 1. The first-order chi connectivity index (χ1) is 13.1. The van der Waals surface area contributed by atoms with E-state index in [-0.39, 0.29) is 12.9 Å². The predicted octanol–water partition coefficient (Wildman–Crippen LogP) is 4.04. The Labute approximate surface area is 170 Å². The van der Waals surface area contributed by atoms with Crippen LogP contribution in [-0.4, -0.2) is 55.3 Å². The van der Waals surface area contributed by atoms with Gasteiger partial charge in [-0.3, -0.25) is 4.90 Å². The van der Waals surface area contributed by atoms with Crippen LogP contribution in [-0.2, 0) is 16.0 Å². The monoisotopic (exact) mass is 413 g/mol. The second-order valence-corrected chi connectivity index (χ2v) is 7.50. The fourth-order valence-corrected chi connectivity index (χ4v) is 3.51. The lowest BCUT2D eigenvalue weighted by Crippen LogP contribution is -2.41. The molecule has 0 amide bonds. The fourth-order valence-electron chi connectivity index (χ4n) is 2.64. The highest BCUT2D eigenvalue weighted by Crippen LogP contribution is 2.17. The van der Waals surface area contributed by atoms with E-state index in [9.17, 15) is 5.11 Å². The molecule has 1 atom stereocenters. The van der Waals surface area contributed by atoms with Gasteiger partial charge in [0.1, 0.15) is 18.5 Å². The molecular weight excluding hydrogens is 386 g/mol. The van der Waals surface area contributed by atoms with E-state index in [0.717, 1.165) is 6.54 Å². The molecule has 7 heteroatoms. The maximum Gasteiger partial charge on any atom is 0.170 e. The fraction of sp³-hybridized carbons (Fsp3) is 0.500. The second kappa shape index (κ2) is 12.3. The molecule has 5 nitrogen and oxygen atoms in total. The first-order valence-electron chi connectivity index (χ1n) is 9.15. The molecule has 2 rings (SSSR count). The maximum atomic E-state index is 10.5. The molecule has 0 saturated heterocycles. The van der Waals surface area contributed by atoms with Crippen molar-refractivity contribution in [2.45, 2.75) is 32.8 Å². The largest absolute Gasteiger partial charge is 0.491 e. The molecular formula is C20H28ClNO4S. The minimum atomic E-state index is -0.635. The average molecular weight is 414 g/mol. The lowest BCUT2D eigenvalue weighted by Gasteiger charge is -2.28. The van der Waals surface area contributed by atoms with Crippen LogP contribution in [0.5, 0.6) is 5.75 Å². The summed E-state index contributed by atoms with van der Waals surface area (Å²) in [6.07, 6.45) is -0.950. The molecule has 0 saturated carbocycles. The topological polar surface area (TPSA) is 51.2 Å². The van der Waals surface area contributed by atoms with Gasteiger partial charge in [-0.2, -0.15) is 0 Å². The highest BCUT2D eigenvalue weighted by molar-refractivity contribution is 7.09. The van der Waals surface area contributed by atoms with Crippen LogP contribution < -0.4 is 4.74 Å². The van der Waals surface area contributed by atoms with Crippen molar-refractivity contribution in [2.75, 3.05) is 32.9 Å². The number of rotatable bonds is 13.